The van der Waals surface area contributed by atoms with E-state index < -0.39 is 28.6 Å². The first-order chi connectivity index (χ1) is 8.47. The second-order valence-electron chi connectivity index (χ2n) is 3.55. The van der Waals surface area contributed by atoms with Crippen LogP contribution in [-0.4, -0.2) is 16.1 Å². The van der Waals surface area contributed by atoms with Crippen LogP contribution in [0.4, 0.5) is 8.78 Å². The van der Waals surface area contributed by atoms with Gasteiger partial charge < -0.3 is 10.1 Å². The second kappa shape index (κ2) is 4.06. The predicted molar refractivity (Wildman–Crippen MR) is 61.5 cm³/mol. The predicted octanol–water partition coefficient (Wildman–Crippen LogP) is 2.15. The van der Waals surface area contributed by atoms with E-state index in [0.29, 0.717) is 6.07 Å². The van der Waals surface area contributed by atoms with Crippen molar-refractivity contribution in [3.05, 3.63) is 51.8 Å². The molecule has 0 bridgehead atoms. The van der Waals surface area contributed by atoms with E-state index >= 15 is 0 Å². The summed E-state index contributed by atoms with van der Waals surface area (Å²) in [5.41, 5.74) is -1.61. The third-order valence-electron chi connectivity index (χ3n) is 2.54. The van der Waals surface area contributed by atoms with Crippen LogP contribution in [0.1, 0.15) is 15.9 Å². The number of hydrogen-bond donors (Lipinski definition) is 2. The molecule has 0 saturated carbocycles. The van der Waals surface area contributed by atoms with Gasteiger partial charge in [0, 0.05) is 11.8 Å². The second-order valence-corrected chi connectivity index (χ2v) is 3.55. The van der Waals surface area contributed by atoms with E-state index in [1.165, 1.54) is 0 Å². The molecular weight excluding hydrogens is 244 g/mol. The number of aromatic nitrogens is 1. The molecule has 92 valence electrons. The highest BCUT2D eigenvalue weighted by molar-refractivity contribution is 5.94. The van der Waals surface area contributed by atoms with Gasteiger partial charge in [0.25, 0.3) is 0 Å². The van der Waals surface area contributed by atoms with Gasteiger partial charge in [-0.1, -0.05) is 12.7 Å². The number of carbonyl (C=O) groups is 1. The number of rotatable bonds is 2. The van der Waals surface area contributed by atoms with Crippen LogP contribution >= 0.6 is 0 Å². The Morgan fingerprint density at radius 1 is 1.44 bits per heavy atom. The van der Waals surface area contributed by atoms with Crippen LogP contribution in [0.5, 0.6) is 0 Å². The number of H-pyrrole nitrogens is 1. The van der Waals surface area contributed by atoms with Crippen molar-refractivity contribution in [3.8, 4) is 0 Å². The summed E-state index contributed by atoms with van der Waals surface area (Å²) >= 11 is 0. The number of carboxylic acid groups (broad SMARTS) is 1. The van der Waals surface area contributed by atoms with E-state index in [9.17, 15) is 18.4 Å². The Hall–Kier alpha value is -2.50. The van der Waals surface area contributed by atoms with Crippen molar-refractivity contribution < 1.29 is 18.7 Å². The van der Waals surface area contributed by atoms with Crippen LogP contribution in [0.3, 0.4) is 0 Å². The molecule has 0 amide bonds. The first-order valence-electron chi connectivity index (χ1n) is 4.86. The van der Waals surface area contributed by atoms with Crippen LogP contribution in [0.2, 0.25) is 0 Å². The quantitative estimate of drug-likeness (QED) is 0.859. The van der Waals surface area contributed by atoms with E-state index in [2.05, 4.69) is 11.6 Å². The van der Waals surface area contributed by atoms with Gasteiger partial charge in [0.2, 0.25) is 5.43 Å². The molecule has 6 heteroatoms. The van der Waals surface area contributed by atoms with Gasteiger partial charge in [-0.3, -0.25) is 4.79 Å². The Labute approximate surface area is 99.2 Å². The summed E-state index contributed by atoms with van der Waals surface area (Å²) in [6.07, 6.45) is 1.99. The van der Waals surface area contributed by atoms with Gasteiger partial charge in [-0.2, -0.15) is 0 Å². The minimum absolute atomic E-state index is 0.0129. The zero-order chi connectivity index (χ0) is 13.4. The maximum absolute atomic E-state index is 13.4. The van der Waals surface area contributed by atoms with E-state index in [1.54, 1.807) is 0 Å². The van der Waals surface area contributed by atoms with Crippen molar-refractivity contribution in [1.82, 2.24) is 4.98 Å². The third-order valence-corrected chi connectivity index (χ3v) is 2.54. The van der Waals surface area contributed by atoms with Gasteiger partial charge in [-0.25, -0.2) is 13.6 Å². The molecule has 1 aromatic heterocycles. The van der Waals surface area contributed by atoms with Gasteiger partial charge >= 0.3 is 5.97 Å². The average Bonchev–Trinajstić information content (AvgIpc) is 2.32. The lowest BCUT2D eigenvalue weighted by atomic mass is 10.1. The SMILES string of the molecule is C=Cc1c(F)c(F)cc2c(=O)c(C(=O)O)c[nH]c12. The van der Waals surface area contributed by atoms with Gasteiger partial charge in [-0.15, -0.1) is 0 Å². The number of carboxylic acids is 1. The molecule has 1 aromatic carbocycles. The molecule has 1 heterocycles. The molecule has 0 atom stereocenters. The highest BCUT2D eigenvalue weighted by Gasteiger charge is 2.17. The summed E-state index contributed by atoms with van der Waals surface area (Å²) in [5, 5.41) is 8.53. The topological polar surface area (TPSA) is 70.2 Å². The smallest absolute Gasteiger partial charge is 0.341 e. The highest BCUT2D eigenvalue weighted by Crippen LogP contribution is 2.21. The molecule has 2 N–H and O–H groups in total. The Balaban J connectivity index is 3.01. The molecule has 0 fully saturated rings. The lowest BCUT2D eigenvalue weighted by molar-refractivity contribution is 0.0695. The average molecular weight is 251 g/mol. The third kappa shape index (κ3) is 1.58. The Kier molecular flexibility index (Phi) is 2.70. The van der Waals surface area contributed by atoms with Gasteiger partial charge in [0.05, 0.1) is 10.9 Å². The number of aromatic carboxylic acids is 1. The van der Waals surface area contributed by atoms with Crippen molar-refractivity contribution in [2.75, 3.05) is 0 Å². The first-order valence-corrected chi connectivity index (χ1v) is 4.86. The minimum atomic E-state index is -1.44. The lowest BCUT2D eigenvalue weighted by Crippen LogP contribution is -2.16. The molecule has 2 aromatic rings. The van der Waals surface area contributed by atoms with Crippen molar-refractivity contribution in [1.29, 1.82) is 0 Å². The summed E-state index contributed by atoms with van der Waals surface area (Å²) in [6, 6.07) is 0.670. The minimum Gasteiger partial charge on any atom is -0.477 e. The fraction of sp³-hybridized carbons (Fsp3) is 0. The molecule has 0 aliphatic heterocycles. The molecular formula is C12H7F2NO3. The van der Waals surface area contributed by atoms with Crippen molar-refractivity contribution in [3.63, 3.8) is 0 Å². The number of benzene rings is 1. The van der Waals surface area contributed by atoms with Crippen molar-refractivity contribution in [2.24, 2.45) is 0 Å². The van der Waals surface area contributed by atoms with Crippen LogP contribution in [0.25, 0.3) is 17.0 Å². The van der Waals surface area contributed by atoms with Crippen LogP contribution in [0.15, 0.2) is 23.6 Å². The van der Waals surface area contributed by atoms with Gasteiger partial charge in [0.15, 0.2) is 11.6 Å². The van der Waals surface area contributed by atoms with Crippen LogP contribution < -0.4 is 5.43 Å². The summed E-state index contributed by atoms with van der Waals surface area (Å²) in [7, 11) is 0. The van der Waals surface area contributed by atoms with E-state index in [4.69, 9.17) is 5.11 Å². The zero-order valence-corrected chi connectivity index (χ0v) is 8.96. The van der Waals surface area contributed by atoms with E-state index in [-0.39, 0.29) is 16.5 Å². The monoisotopic (exact) mass is 251 g/mol. The molecule has 0 unspecified atom stereocenters. The van der Waals surface area contributed by atoms with E-state index in [0.717, 1.165) is 12.3 Å². The van der Waals surface area contributed by atoms with Crippen molar-refractivity contribution >= 4 is 22.9 Å². The van der Waals surface area contributed by atoms with Gasteiger partial charge in [-0.05, 0) is 6.07 Å². The Bertz CT molecular complexity index is 734. The number of fused-ring (bicyclic) bond motifs is 1. The number of nitrogens with one attached hydrogen (secondary N) is 1. The van der Waals surface area contributed by atoms with Crippen LogP contribution in [0, 0.1) is 11.6 Å². The molecule has 0 spiro atoms. The number of halogens is 2. The summed E-state index contributed by atoms with van der Waals surface area (Å²) < 4.78 is 26.7. The largest absolute Gasteiger partial charge is 0.477 e. The maximum Gasteiger partial charge on any atom is 0.341 e. The number of pyridine rings is 1. The maximum atomic E-state index is 13.4. The number of aromatic amines is 1. The molecule has 0 aliphatic carbocycles. The molecule has 4 nitrogen and oxygen atoms in total. The summed E-state index contributed by atoms with van der Waals surface area (Å²) in [4.78, 5) is 25.0. The van der Waals surface area contributed by atoms with Crippen molar-refractivity contribution in [2.45, 2.75) is 0 Å². The van der Waals surface area contributed by atoms with E-state index in [1.807, 2.05) is 0 Å². The summed E-state index contributed by atoms with van der Waals surface area (Å²) in [5.74, 6) is -3.82. The first kappa shape index (κ1) is 12.0. The Morgan fingerprint density at radius 2 is 2.11 bits per heavy atom. The normalized spacial score (nSPS) is 10.6. The van der Waals surface area contributed by atoms with Gasteiger partial charge in [0.1, 0.15) is 5.56 Å². The lowest BCUT2D eigenvalue weighted by Gasteiger charge is -2.05. The standard InChI is InChI=1S/C12H7F2NO3/c1-2-5-9(14)8(13)3-6-10(5)15-4-7(11(6)16)12(17)18/h2-4H,1H2,(H,15,16)(H,17,18). The highest BCUT2D eigenvalue weighted by atomic mass is 19.2. The molecule has 0 aliphatic rings. The fourth-order valence-corrected chi connectivity index (χ4v) is 1.69. The Morgan fingerprint density at radius 3 is 2.67 bits per heavy atom. The summed E-state index contributed by atoms with van der Waals surface area (Å²) in [6.45, 7) is 3.33. The molecule has 0 saturated heterocycles. The van der Waals surface area contributed by atoms with Crippen LogP contribution in [-0.2, 0) is 0 Å². The molecule has 18 heavy (non-hydrogen) atoms. The molecule has 0 radical (unpaired) electrons. The number of hydrogen-bond acceptors (Lipinski definition) is 2. The zero-order valence-electron chi connectivity index (χ0n) is 8.96. The molecule has 2 rings (SSSR count). The fourth-order valence-electron chi connectivity index (χ4n) is 1.69.